The van der Waals surface area contributed by atoms with Crippen molar-refractivity contribution in [1.82, 2.24) is 9.80 Å². The molecule has 3 heterocycles. The van der Waals surface area contributed by atoms with Crippen LogP contribution in [0, 0.1) is 17.8 Å². The van der Waals surface area contributed by atoms with Crippen molar-refractivity contribution in [2.45, 2.75) is 192 Å². The lowest BCUT2D eigenvalue weighted by Gasteiger charge is -2.48. The fourth-order valence-corrected chi connectivity index (χ4v) is 16.9. The molecule has 3 aliphatic rings. The maximum Gasteiger partial charge on any atom is 0.311 e. The van der Waals surface area contributed by atoms with Crippen molar-refractivity contribution in [2.24, 2.45) is 17.8 Å². The SMILES string of the molecule is CC[C@H]1OC(=O)[C@H](C)[C@@H](O[C@H]2C[C@@](C)(OC)[C@@H](O)[C@H](C)O2)[C@H](C)[C@@H](O[C@@H]2O[C@H](C)C[C@H](N(C)C)[C@H]2O)[C@](C)(O)C[C@@H](C)CN(C(=O)CCOCCOCCOCC[P+](c2ccccc2)(c2ccccc2)c2ccccc2)[C@H](C)[C@@H](O)[C@]1(C)O.[Cl-]. The van der Waals surface area contributed by atoms with Crippen molar-refractivity contribution in [3.63, 3.8) is 0 Å². The number of benzene rings is 3. The van der Waals surface area contributed by atoms with Crippen molar-refractivity contribution in [3.05, 3.63) is 91.0 Å². The number of methoxy groups -OCH3 is 1. The molecule has 0 spiro atoms. The molecule has 0 unspecified atom stereocenters. The van der Waals surface area contributed by atoms with Crippen LogP contribution in [0.2, 0.25) is 0 Å². The summed E-state index contributed by atoms with van der Waals surface area (Å²) < 4.78 is 56.2. The Bertz CT molecular complexity index is 2320. The number of ether oxygens (including phenoxy) is 9. The van der Waals surface area contributed by atoms with Gasteiger partial charge < -0.3 is 90.4 Å². The molecule has 18 atom stereocenters. The van der Waals surface area contributed by atoms with Gasteiger partial charge in [0.15, 0.2) is 12.6 Å². The number of carbonyl (C=O) groups excluding carboxylic acids is 2. The van der Waals surface area contributed by atoms with E-state index in [1.807, 2.05) is 51.0 Å². The molecule has 0 bridgehead atoms. The highest BCUT2D eigenvalue weighted by Gasteiger charge is 2.53. The van der Waals surface area contributed by atoms with Crippen LogP contribution in [0.15, 0.2) is 91.0 Å². The Morgan fingerprint density at radius 1 is 0.738 bits per heavy atom. The molecular weight excluding hydrogens is 1120 g/mol. The number of halogens is 1. The van der Waals surface area contributed by atoms with E-state index in [-0.39, 0.29) is 82.5 Å². The molecule has 5 N–H and O–H groups in total. The highest BCUT2D eigenvalue weighted by atomic mass is 35.5. The lowest BCUT2D eigenvalue weighted by atomic mass is 9.77. The van der Waals surface area contributed by atoms with Crippen LogP contribution in [0.5, 0.6) is 0 Å². The first kappa shape index (κ1) is 71.5. The minimum absolute atomic E-state index is 0. The van der Waals surface area contributed by atoms with E-state index < -0.39 is 109 Å². The number of likely N-dealkylation sites (N-methyl/N-ethyl adjacent to an activating group) is 1. The number of aliphatic hydroxyl groups excluding tert-OH is 3. The third-order valence-corrected chi connectivity index (χ3v) is 22.0. The monoisotopic (exact) mass is 1220 g/mol. The van der Waals surface area contributed by atoms with Gasteiger partial charge in [0, 0.05) is 32.0 Å². The fourth-order valence-electron chi connectivity index (χ4n) is 12.8. The highest BCUT2D eigenvalue weighted by Crippen LogP contribution is 2.55. The summed E-state index contributed by atoms with van der Waals surface area (Å²) in [5.74, 6) is -3.62. The number of hydrogen-bond acceptors (Lipinski definition) is 17. The Labute approximate surface area is 506 Å². The molecule has 0 aromatic heterocycles. The lowest BCUT2D eigenvalue weighted by molar-refractivity contribution is -0.318. The van der Waals surface area contributed by atoms with E-state index >= 15 is 0 Å². The maximum absolute atomic E-state index is 14.7. The topological polar surface area (TPSA) is 225 Å². The van der Waals surface area contributed by atoms with Crippen molar-refractivity contribution >= 4 is 35.1 Å². The molecule has 3 aromatic rings. The van der Waals surface area contributed by atoms with Crippen LogP contribution in [0.3, 0.4) is 0 Å². The summed E-state index contributed by atoms with van der Waals surface area (Å²) in [6, 6.07) is 30.7. The summed E-state index contributed by atoms with van der Waals surface area (Å²) in [5, 5.41) is 64.2. The molecule has 0 radical (unpaired) electrons. The Morgan fingerprint density at radius 3 is 1.77 bits per heavy atom. The van der Waals surface area contributed by atoms with Crippen LogP contribution in [0.1, 0.15) is 101 Å². The first-order valence-electron chi connectivity index (χ1n) is 29.9. The summed E-state index contributed by atoms with van der Waals surface area (Å²) in [6.07, 6.45) is -9.20. The average Bonchev–Trinajstić information content (AvgIpc) is 1.42. The molecular formula is C64H100ClN2O16P. The van der Waals surface area contributed by atoms with Gasteiger partial charge in [-0.05, 0) is 124 Å². The van der Waals surface area contributed by atoms with E-state index in [9.17, 15) is 35.1 Å². The third kappa shape index (κ3) is 17.5. The second-order valence-corrected chi connectivity index (χ2v) is 28.0. The molecule has 0 aliphatic carbocycles. The van der Waals surface area contributed by atoms with Gasteiger partial charge in [0.25, 0.3) is 0 Å². The molecule has 84 heavy (non-hydrogen) atoms. The van der Waals surface area contributed by atoms with Crippen LogP contribution in [-0.4, -0.2) is 211 Å². The molecule has 3 aliphatic heterocycles. The number of rotatable bonds is 22. The molecule has 20 heteroatoms. The molecule has 3 fully saturated rings. The largest absolute Gasteiger partial charge is 1.00 e. The first-order chi connectivity index (χ1) is 39.3. The summed E-state index contributed by atoms with van der Waals surface area (Å²) >= 11 is 0. The molecule has 1 amide bonds. The van der Waals surface area contributed by atoms with Crippen molar-refractivity contribution < 1.29 is 90.2 Å². The minimum Gasteiger partial charge on any atom is -1.00 e. The predicted molar refractivity (Wildman–Crippen MR) is 320 cm³/mol. The number of hydrogen-bond donors (Lipinski definition) is 5. The van der Waals surface area contributed by atoms with Gasteiger partial charge in [-0.1, -0.05) is 75.4 Å². The number of amides is 1. The van der Waals surface area contributed by atoms with Crippen LogP contribution in [0.25, 0.3) is 0 Å². The quantitative estimate of drug-likeness (QED) is 0.0553. The smallest absolute Gasteiger partial charge is 0.311 e. The normalized spacial score (nSPS) is 34.9. The van der Waals surface area contributed by atoms with Gasteiger partial charge in [-0.3, -0.25) is 9.59 Å². The van der Waals surface area contributed by atoms with E-state index in [0.717, 1.165) is 6.16 Å². The van der Waals surface area contributed by atoms with Gasteiger partial charge in [0.1, 0.15) is 53.2 Å². The van der Waals surface area contributed by atoms with Crippen LogP contribution < -0.4 is 28.3 Å². The number of esters is 1. The maximum atomic E-state index is 14.7. The summed E-state index contributed by atoms with van der Waals surface area (Å²) in [5.41, 5.74) is -4.92. The van der Waals surface area contributed by atoms with Gasteiger partial charge in [0.2, 0.25) is 5.91 Å². The van der Waals surface area contributed by atoms with Gasteiger partial charge in [-0.15, -0.1) is 0 Å². The molecule has 6 rings (SSSR count). The fraction of sp³-hybridized carbons (Fsp3) is 0.688. The molecule has 18 nitrogen and oxygen atoms in total. The van der Waals surface area contributed by atoms with E-state index in [2.05, 4.69) is 72.8 Å². The van der Waals surface area contributed by atoms with Crippen LogP contribution in [-0.2, 0) is 52.2 Å². The van der Waals surface area contributed by atoms with Crippen molar-refractivity contribution in [2.75, 3.05) is 73.6 Å². The van der Waals surface area contributed by atoms with Crippen molar-refractivity contribution in [3.8, 4) is 0 Å². The number of nitrogens with zero attached hydrogens (tertiary/aromatic N) is 2. The zero-order chi connectivity index (χ0) is 60.9. The minimum atomic E-state index is -2.06. The van der Waals surface area contributed by atoms with E-state index in [4.69, 9.17) is 42.6 Å². The lowest BCUT2D eigenvalue weighted by Crippen LogP contribution is -3.00. The van der Waals surface area contributed by atoms with E-state index in [1.165, 1.54) is 34.8 Å². The zero-order valence-electron chi connectivity index (χ0n) is 52.0. The van der Waals surface area contributed by atoms with E-state index in [1.54, 1.807) is 48.5 Å². The third-order valence-electron chi connectivity index (χ3n) is 17.6. The standard InChI is InChI=1S/C64H100N2O16P.ClH/c1-14-52-64(10,73)57(69)46(6)66(53(67)30-31-75-32-33-76-34-35-77-36-37-83(48-24-18-15-19-25-48,49-26-20-16-21-27-49)50-28-22-17-23-29-50)41-42(2)39-62(8,72)59(82-61-55(68)51(65(11)12)38-43(3)78-61)44(4)56(45(5)60(71)80-52)81-54-40-63(9,74-13)58(70)47(7)79-54;/h15-29,42-47,51-52,54-59,61,68-70,72-73H,14,30-41H2,1-13H3;1H/q+1;/p-1/t42-,43-,44+,45-,46-,47+,51+,52-,54+,55-,56+,57-,58+,59-,61+,62-,63-,64-;/m1./s1. The van der Waals surface area contributed by atoms with Crippen molar-refractivity contribution in [1.29, 1.82) is 0 Å². The van der Waals surface area contributed by atoms with Crippen LogP contribution in [0.4, 0.5) is 0 Å². The number of cyclic esters (lactones) is 1. The summed E-state index contributed by atoms with van der Waals surface area (Å²) in [4.78, 5) is 32.6. The Balaban J connectivity index is 0.0000129. The molecule has 0 saturated carbocycles. The predicted octanol–water partition coefficient (Wildman–Crippen LogP) is 2.24. The zero-order valence-corrected chi connectivity index (χ0v) is 53.6. The summed E-state index contributed by atoms with van der Waals surface area (Å²) in [6.45, 7) is 18.8. The highest BCUT2D eigenvalue weighted by molar-refractivity contribution is 7.95. The Kier molecular flexibility index (Phi) is 27.5. The Morgan fingerprint density at radius 2 is 1.26 bits per heavy atom. The molecule has 3 saturated heterocycles. The average molecular weight is 1220 g/mol. The number of carbonyl (C=O) groups is 2. The first-order valence-corrected chi connectivity index (χ1v) is 31.9. The summed E-state index contributed by atoms with van der Waals surface area (Å²) in [7, 11) is 3.18. The van der Waals surface area contributed by atoms with Crippen LogP contribution >= 0.6 is 7.26 Å². The second-order valence-electron chi connectivity index (χ2n) is 24.4. The van der Waals surface area contributed by atoms with Gasteiger partial charge in [-0.2, -0.15) is 0 Å². The van der Waals surface area contributed by atoms with Gasteiger partial charge in [0.05, 0.1) is 99.8 Å². The van der Waals surface area contributed by atoms with E-state index in [0.29, 0.717) is 26.2 Å². The van der Waals surface area contributed by atoms with Gasteiger partial charge in [-0.25, -0.2) is 0 Å². The molecule has 3 aromatic carbocycles. The second kappa shape index (κ2) is 32.3. The number of aliphatic hydroxyl groups is 5. The van der Waals surface area contributed by atoms with Gasteiger partial charge >= 0.3 is 5.97 Å². The molecule has 474 valence electrons. The Hall–Kier alpha value is -3.24.